The molecule has 0 aromatic heterocycles. The zero-order valence-corrected chi connectivity index (χ0v) is 8.51. The molecule has 2 rings (SSSR count). The SMILES string of the molecule is Nc1ccccc1NC(=O)C1CC1C(=O)O. The number of rotatable bonds is 3. The average Bonchev–Trinajstić information content (AvgIpc) is 3.01. The lowest BCUT2D eigenvalue weighted by atomic mass is 10.2. The number of hydrogen-bond acceptors (Lipinski definition) is 3. The molecule has 1 amide bonds. The van der Waals surface area contributed by atoms with Crippen LogP contribution in [0.5, 0.6) is 0 Å². The van der Waals surface area contributed by atoms with Crippen molar-refractivity contribution in [1.82, 2.24) is 0 Å². The first-order chi connectivity index (χ1) is 7.59. The van der Waals surface area contributed by atoms with E-state index in [1.165, 1.54) is 0 Å². The van der Waals surface area contributed by atoms with Gasteiger partial charge in [-0.3, -0.25) is 9.59 Å². The number of amides is 1. The lowest BCUT2D eigenvalue weighted by molar-refractivity contribution is -0.139. The van der Waals surface area contributed by atoms with Crippen LogP contribution in [0, 0.1) is 11.8 Å². The maximum atomic E-state index is 11.6. The predicted octanol–water partition coefficient (Wildman–Crippen LogP) is 0.928. The second-order valence-corrected chi connectivity index (χ2v) is 3.86. The maximum absolute atomic E-state index is 11.6. The van der Waals surface area contributed by atoms with E-state index in [4.69, 9.17) is 10.8 Å². The van der Waals surface area contributed by atoms with Gasteiger partial charge in [-0.1, -0.05) is 12.1 Å². The summed E-state index contributed by atoms with van der Waals surface area (Å²) in [6, 6.07) is 6.89. The molecule has 1 saturated carbocycles. The number of carboxylic acids is 1. The minimum absolute atomic E-state index is 0.273. The molecule has 16 heavy (non-hydrogen) atoms. The number of hydrogen-bond donors (Lipinski definition) is 3. The van der Waals surface area contributed by atoms with E-state index in [-0.39, 0.29) is 5.91 Å². The zero-order chi connectivity index (χ0) is 11.7. The molecule has 1 aliphatic rings. The van der Waals surface area contributed by atoms with Crippen molar-refractivity contribution in [1.29, 1.82) is 0 Å². The zero-order valence-electron chi connectivity index (χ0n) is 8.51. The van der Waals surface area contributed by atoms with Crippen molar-refractivity contribution < 1.29 is 14.7 Å². The van der Waals surface area contributed by atoms with Crippen molar-refractivity contribution >= 4 is 23.3 Å². The molecule has 0 spiro atoms. The number of para-hydroxylation sites is 2. The van der Waals surface area contributed by atoms with E-state index in [9.17, 15) is 9.59 Å². The molecule has 0 saturated heterocycles. The van der Waals surface area contributed by atoms with E-state index in [1.54, 1.807) is 24.3 Å². The minimum atomic E-state index is -0.916. The molecule has 0 radical (unpaired) electrons. The minimum Gasteiger partial charge on any atom is -0.481 e. The molecule has 4 N–H and O–H groups in total. The molecule has 2 unspecified atom stereocenters. The molecular weight excluding hydrogens is 208 g/mol. The molecule has 2 atom stereocenters. The van der Waals surface area contributed by atoms with E-state index >= 15 is 0 Å². The Balaban J connectivity index is 1.99. The van der Waals surface area contributed by atoms with Gasteiger partial charge in [0.2, 0.25) is 5.91 Å². The molecule has 1 aromatic rings. The first-order valence-electron chi connectivity index (χ1n) is 4.98. The lowest BCUT2D eigenvalue weighted by Gasteiger charge is -2.06. The van der Waals surface area contributed by atoms with Gasteiger partial charge in [-0.05, 0) is 18.6 Å². The predicted molar refractivity (Wildman–Crippen MR) is 58.7 cm³/mol. The first kappa shape index (κ1) is 10.5. The van der Waals surface area contributed by atoms with Crippen molar-refractivity contribution in [3.63, 3.8) is 0 Å². The number of carbonyl (C=O) groups excluding carboxylic acids is 1. The summed E-state index contributed by atoms with van der Waals surface area (Å²) in [6.07, 6.45) is 0.411. The van der Waals surface area contributed by atoms with Gasteiger partial charge >= 0.3 is 5.97 Å². The third-order valence-corrected chi connectivity index (χ3v) is 2.66. The van der Waals surface area contributed by atoms with Crippen LogP contribution in [-0.2, 0) is 9.59 Å². The summed E-state index contributed by atoms with van der Waals surface area (Å²) in [4.78, 5) is 22.2. The van der Waals surface area contributed by atoms with E-state index in [0.29, 0.717) is 17.8 Å². The Kier molecular flexibility index (Phi) is 2.52. The fourth-order valence-corrected chi connectivity index (χ4v) is 1.59. The van der Waals surface area contributed by atoms with E-state index < -0.39 is 17.8 Å². The second-order valence-electron chi connectivity index (χ2n) is 3.86. The van der Waals surface area contributed by atoms with Crippen molar-refractivity contribution in [2.24, 2.45) is 11.8 Å². The van der Waals surface area contributed by atoms with Gasteiger partial charge < -0.3 is 16.2 Å². The Morgan fingerprint density at radius 2 is 2.00 bits per heavy atom. The highest BCUT2D eigenvalue weighted by Gasteiger charge is 2.48. The number of nitrogens with two attached hydrogens (primary N) is 1. The summed E-state index contributed by atoms with van der Waals surface area (Å²) in [5.41, 5.74) is 6.66. The Hall–Kier alpha value is -2.04. The van der Waals surface area contributed by atoms with Crippen LogP contribution in [0.3, 0.4) is 0 Å². The Morgan fingerprint density at radius 1 is 1.31 bits per heavy atom. The van der Waals surface area contributed by atoms with Gasteiger partial charge in [0.15, 0.2) is 0 Å². The fraction of sp³-hybridized carbons (Fsp3) is 0.273. The van der Waals surface area contributed by atoms with Crippen LogP contribution in [0.25, 0.3) is 0 Å². The molecule has 0 aliphatic heterocycles. The summed E-state index contributed by atoms with van der Waals surface area (Å²) in [7, 11) is 0. The standard InChI is InChI=1S/C11H12N2O3/c12-8-3-1-2-4-9(8)13-10(14)6-5-7(6)11(15)16/h1-4,6-7H,5,12H2,(H,13,14)(H,15,16). The van der Waals surface area contributed by atoms with Crippen molar-refractivity contribution in [3.8, 4) is 0 Å². The Bertz CT molecular complexity index is 445. The van der Waals surface area contributed by atoms with E-state index in [2.05, 4.69) is 5.32 Å². The van der Waals surface area contributed by atoms with Gasteiger partial charge in [-0.15, -0.1) is 0 Å². The molecule has 0 heterocycles. The first-order valence-corrected chi connectivity index (χ1v) is 4.98. The molecule has 1 fully saturated rings. The third kappa shape index (κ3) is 1.98. The number of nitrogen functional groups attached to an aromatic ring is 1. The molecule has 5 heteroatoms. The van der Waals surface area contributed by atoms with Gasteiger partial charge in [-0.2, -0.15) is 0 Å². The van der Waals surface area contributed by atoms with Gasteiger partial charge in [0.1, 0.15) is 0 Å². The van der Waals surface area contributed by atoms with Crippen molar-refractivity contribution in [2.45, 2.75) is 6.42 Å². The van der Waals surface area contributed by atoms with E-state index in [1.807, 2.05) is 0 Å². The van der Waals surface area contributed by atoms with Gasteiger partial charge in [0.05, 0.1) is 23.2 Å². The molecule has 0 bridgehead atoms. The van der Waals surface area contributed by atoms with E-state index in [0.717, 1.165) is 0 Å². The van der Waals surface area contributed by atoms with Crippen LogP contribution in [0.1, 0.15) is 6.42 Å². The largest absolute Gasteiger partial charge is 0.481 e. The number of carbonyl (C=O) groups is 2. The number of nitrogens with one attached hydrogen (secondary N) is 1. The van der Waals surface area contributed by atoms with Gasteiger partial charge in [-0.25, -0.2) is 0 Å². The smallest absolute Gasteiger partial charge is 0.307 e. The van der Waals surface area contributed by atoms with Crippen LogP contribution in [0.4, 0.5) is 11.4 Å². The number of aliphatic carboxylic acids is 1. The van der Waals surface area contributed by atoms with Crippen molar-refractivity contribution in [2.75, 3.05) is 11.1 Å². The topological polar surface area (TPSA) is 92.4 Å². The summed E-state index contributed by atoms with van der Waals surface area (Å²) in [5, 5.41) is 11.3. The number of benzene rings is 1. The summed E-state index contributed by atoms with van der Waals surface area (Å²) < 4.78 is 0. The van der Waals surface area contributed by atoms with Gasteiger partial charge in [0.25, 0.3) is 0 Å². The lowest BCUT2D eigenvalue weighted by Crippen LogP contribution is -2.17. The quantitative estimate of drug-likeness (QED) is 0.660. The summed E-state index contributed by atoms with van der Waals surface area (Å²) in [5.74, 6) is -2.14. The highest BCUT2D eigenvalue weighted by atomic mass is 16.4. The van der Waals surface area contributed by atoms with Crippen LogP contribution in [-0.4, -0.2) is 17.0 Å². The second kappa shape index (κ2) is 3.84. The normalized spacial score (nSPS) is 22.5. The molecular formula is C11H12N2O3. The average molecular weight is 220 g/mol. The monoisotopic (exact) mass is 220 g/mol. The Labute approximate surface area is 92.3 Å². The van der Waals surface area contributed by atoms with Crippen LogP contribution in [0.15, 0.2) is 24.3 Å². The number of anilines is 2. The van der Waals surface area contributed by atoms with Crippen LogP contribution in [0.2, 0.25) is 0 Å². The summed E-state index contributed by atoms with van der Waals surface area (Å²) in [6.45, 7) is 0. The maximum Gasteiger partial charge on any atom is 0.307 e. The Morgan fingerprint density at radius 3 is 2.56 bits per heavy atom. The molecule has 1 aromatic carbocycles. The summed E-state index contributed by atoms with van der Waals surface area (Å²) >= 11 is 0. The van der Waals surface area contributed by atoms with Gasteiger partial charge in [0, 0.05) is 0 Å². The molecule has 5 nitrogen and oxygen atoms in total. The molecule has 1 aliphatic carbocycles. The highest BCUT2D eigenvalue weighted by Crippen LogP contribution is 2.39. The molecule has 84 valence electrons. The van der Waals surface area contributed by atoms with Crippen LogP contribution < -0.4 is 11.1 Å². The van der Waals surface area contributed by atoms with Crippen LogP contribution >= 0.6 is 0 Å². The third-order valence-electron chi connectivity index (χ3n) is 2.66. The number of carboxylic acid groups (broad SMARTS) is 1. The van der Waals surface area contributed by atoms with Crippen molar-refractivity contribution in [3.05, 3.63) is 24.3 Å². The fourth-order valence-electron chi connectivity index (χ4n) is 1.59. The highest BCUT2D eigenvalue weighted by molar-refractivity contribution is 5.99.